The summed E-state index contributed by atoms with van der Waals surface area (Å²) in [7, 11) is 5.91. The minimum atomic E-state index is -0.788. The Labute approximate surface area is 141 Å². The highest BCUT2D eigenvalue weighted by molar-refractivity contribution is 7.16. The van der Waals surface area contributed by atoms with E-state index >= 15 is 0 Å². The molecular formula is C17H23N3O2S. The Hall–Kier alpha value is -1.92. The highest BCUT2D eigenvalue weighted by Crippen LogP contribution is 2.37. The van der Waals surface area contributed by atoms with Crippen LogP contribution >= 0.6 is 11.3 Å². The lowest BCUT2D eigenvalue weighted by Gasteiger charge is -2.11. The lowest BCUT2D eigenvalue weighted by atomic mass is 10.0. The summed E-state index contributed by atoms with van der Waals surface area (Å²) in [6, 6.07) is 8.31. The van der Waals surface area contributed by atoms with Gasteiger partial charge >= 0.3 is 5.97 Å². The third-order valence-corrected chi connectivity index (χ3v) is 4.83. The first kappa shape index (κ1) is 17.4. The van der Waals surface area contributed by atoms with Crippen molar-refractivity contribution in [2.24, 2.45) is 0 Å². The molecule has 1 unspecified atom stereocenters. The Morgan fingerprint density at radius 1 is 1.35 bits per heavy atom. The average molecular weight is 333 g/mol. The Bertz CT molecular complexity index is 665. The molecule has 5 nitrogen and oxygen atoms in total. The molecule has 0 bridgehead atoms. The summed E-state index contributed by atoms with van der Waals surface area (Å²) in [4.78, 5) is 18.8. The largest absolute Gasteiger partial charge is 0.481 e. The lowest BCUT2D eigenvalue weighted by Crippen LogP contribution is -2.10. The van der Waals surface area contributed by atoms with Gasteiger partial charge in [-0.3, -0.25) is 4.79 Å². The van der Waals surface area contributed by atoms with E-state index in [1.165, 1.54) is 16.9 Å². The Kier molecular flexibility index (Phi) is 5.74. The molecule has 0 aliphatic heterocycles. The maximum absolute atomic E-state index is 11.0. The summed E-state index contributed by atoms with van der Waals surface area (Å²) in [6.45, 7) is 2.83. The molecule has 0 aliphatic rings. The Morgan fingerprint density at radius 2 is 2.00 bits per heavy atom. The van der Waals surface area contributed by atoms with Crippen molar-refractivity contribution in [3.8, 4) is 11.3 Å². The van der Waals surface area contributed by atoms with Crippen LogP contribution < -0.4 is 5.32 Å². The van der Waals surface area contributed by atoms with Gasteiger partial charge in [-0.1, -0.05) is 31.2 Å². The molecule has 0 aliphatic carbocycles. The van der Waals surface area contributed by atoms with Gasteiger partial charge in [-0.15, -0.1) is 11.3 Å². The van der Waals surface area contributed by atoms with Crippen LogP contribution in [-0.4, -0.2) is 42.1 Å². The van der Waals surface area contributed by atoms with E-state index in [1.54, 1.807) is 0 Å². The van der Waals surface area contributed by atoms with Crippen molar-refractivity contribution in [1.82, 2.24) is 9.88 Å². The molecule has 1 aromatic carbocycles. The van der Waals surface area contributed by atoms with Crippen LogP contribution in [0, 0.1) is 0 Å². The normalized spacial score (nSPS) is 12.4. The molecule has 2 aromatic rings. The molecule has 0 saturated carbocycles. The zero-order valence-electron chi connectivity index (χ0n) is 14.0. The van der Waals surface area contributed by atoms with Crippen molar-refractivity contribution in [1.29, 1.82) is 0 Å². The summed E-state index contributed by atoms with van der Waals surface area (Å²) >= 11 is 1.53. The topological polar surface area (TPSA) is 65.5 Å². The first-order valence-corrected chi connectivity index (χ1v) is 8.36. The van der Waals surface area contributed by atoms with Crippen LogP contribution in [0.4, 0.5) is 5.13 Å². The van der Waals surface area contributed by atoms with E-state index in [9.17, 15) is 4.79 Å². The number of carboxylic acids is 1. The molecule has 2 N–H and O–H groups in total. The molecule has 0 radical (unpaired) electrons. The molecule has 1 heterocycles. The number of hydrogen-bond donors (Lipinski definition) is 2. The fourth-order valence-corrected chi connectivity index (χ4v) is 3.46. The standard InChI is InChI=1S/C17H23N3O2S/c1-11(9-14(21)22)16-15(19-17(18-2)23-16)13-7-5-12(6-8-13)10-20(3)4/h5-8,11H,9-10H2,1-4H3,(H,18,19)(H,21,22). The third kappa shape index (κ3) is 4.53. The first-order chi connectivity index (χ1) is 10.9. The van der Waals surface area contributed by atoms with Gasteiger partial charge in [0.05, 0.1) is 12.1 Å². The highest BCUT2D eigenvalue weighted by Gasteiger charge is 2.20. The van der Waals surface area contributed by atoms with Gasteiger partial charge in [-0.25, -0.2) is 4.98 Å². The summed E-state index contributed by atoms with van der Waals surface area (Å²) in [5.41, 5.74) is 3.14. The van der Waals surface area contributed by atoms with Gasteiger partial charge < -0.3 is 15.3 Å². The van der Waals surface area contributed by atoms with Crippen molar-refractivity contribution >= 4 is 22.4 Å². The Morgan fingerprint density at radius 3 is 2.52 bits per heavy atom. The smallest absolute Gasteiger partial charge is 0.303 e. The van der Waals surface area contributed by atoms with E-state index in [-0.39, 0.29) is 12.3 Å². The molecule has 0 spiro atoms. The number of benzene rings is 1. The van der Waals surface area contributed by atoms with Crippen LogP contribution in [0.5, 0.6) is 0 Å². The van der Waals surface area contributed by atoms with Crippen molar-refractivity contribution in [3.05, 3.63) is 34.7 Å². The molecular weight excluding hydrogens is 310 g/mol. The molecule has 23 heavy (non-hydrogen) atoms. The van der Waals surface area contributed by atoms with Gasteiger partial charge in [0.15, 0.2) is 5.13 Å². The number of rotatable bonds is 7. The van der Waals surface area contributed by atoms with E-state index in [0.717, 1.165) is 27.8 Å². The van der Waals surface area contributed by atoms with Crippen LogP contribution in [0.2, 0.25) is 0 Å². The Balaban J connectivity index is 2.34. The fourth-order valence-electron chi connectivity index (χ4n) is 2.47. The molecule has 2 rings (SSSR count). The maximum atomic E-state index is 11.0. The molecule has 1 aromatic heterocycles. The number of carboxylic acid groups (broad SMARTS) is 1. The summed E-state index contributed by atoms with van der Waals surface area (Å²) in [6.07, 6.45) is 0.108. The summed E-state index contributed by atoms with van der Waals surface area (Å²) in [5.74, 6) is -0.854. The number of nitrogens with one attached hydrogen (secondary N) is 1. The minimum Gasteiger partial charge on any atom is -0.481 e. The predicted octanol–water partition coefficient (Wildman–Crippen LogP) is 3.49. The number of thiazole rings is 1. The first-order valence-electron chi connectivity index (χ1n) is 7.55. The molecule has 0 fully saturated rings. The van der Waals surface area contributed by atoms with Crippen LogP contribution in [0.1, 0.15) is 29.7 Å². The summed E-state index contributed by atoms with van der Waals surface area (Å²) < 4.78 is 0. The van der Waals surface area contributed by atoms with Gasteiger partial charge in [-0.2, -0.15) is 0 Å². The van der Waals surface area contributed by atoms with Crippen molar-refractivity contribution in [2.75, 3.05) is 26.5 Å². The van der Waals surface area contributed by atoms with Crippen molar-refractivity contribution < 1.29 is 9.90 Å². The zero-order chi connectivity index (χ0) is 17.0. The highest BCUT2D eigenvalue weighted by atomic mass is 32.1. The lowest BCUT2D eigenvalue weighted by molar-refractivity contribution is -0.137. The third-order valence-electron chi connectivity index (χ3n) is 3.52. The maximum Gasteiger partial charge on any atom is 0.303 e. The van der Waals surface area contributed by atoms with Gasteiger partial charge in [0, 0.05) is 30.0 Å². The second kappa shape index (κ2) is 7.57. The molecule has 0 amide bonds. The number of aliphatic carboxylic acids is 1. The van der Waals surface area contributed by atoms with Gasteiger partial charge in [0.25, 0.3) is 0 Å². The number of hydrogen-bond acceptors (Lipinski definition) is 5. The van der Waals surface area contributed by atoms with Gasteiger partial charge in [-0.05, 0) is 19.7 Å². The minimum absolute atomic E-state index is 0.0662. The number of carbonyl (C=O) groups is 1. The predicted molar refractivity (Wildman–Crippen MR) is 95.2 cm³/mol. The van der Waals surface area contributed by atoms with Crippen LogP contribution in [0.3, 0.4) is 0 Å². The quantitative estimate of drug-likeness (QED) is 0.812. The van der Waals surface area contributed by atoms with Crippen molar-refractivity contribution in [3.63, 3.8) is 0 Å². The second-order valence-corrected chi connectivity index (χ2v) is 6.95. The SMILES string of the molecule is CNc1nc(-c2ccc(CN(C)C)cc2)c(C(C)CC(=O)O)s1. The van der Waals surface area contributed by atoms with E-state index in [2.05, 4.69) is 39.5 Å². The molecule has 6 heteroatoms. The van der Waals surface area contributed by atoms with Crippen LogP contribution in [0.15, 0.2) is 24.3 Å². The number of aromatic nitrogens is 1. The van der Waals surface area contributed by atoms with E-state index < -0.39 is 5.97 Å². The monoisotopic (exact) mass is 333 g/mol. The fraction of sp³-hybridized carbons (Fsp3) is 0.412. The zero-order valence-corrected chi connectivity index (χ0v) is 14.8. The van der Waals surface area contributed by atoms with E-state index in [4.69, 9.17) is 5.11 Å². The summed E-state index contributed by atoms with van der Waals surface area (Å²) in [5, 5.41) is 12.9. The molecule has 124 valence electrons. The van der Waals surface area contributed by atoms with Crippen LogP contribution in [-0.2, 0) is 11.3 Å². The van der Waals surface area contributed by atoms with Gasteiger partial charge in [0.2, 0.25) is 0 Å². The number of nitrogens with zero attached hydrogens (tertiary/aromatic N) is 2. The average Bonchev–Trinajstić information content (AvgIpc) is 2.91. The van der Waals surface area contributed by atoms with Crippen molar-refractivity contribution in [2.45, 2.75) is 25.8 Å². The molecule has 1 atom stereocenters. The van der Waals surface area contributed by atoms with Crippen LogP contribution in [0.25, 0.3) is 11.3 Å². The van der Waals surface area contributed by atoms with Gasteiger partial charge in [0.1, 0.15) is 0 Å². The number of anilines is 1. The second-order valence-electron chi connectivity index (χ2n) is 5.92. The van der Waals surface area contributed by atoms with E-state index in [1.807, 2.05) is 28.1 Å². The van der Waals surface area contributed by atoms with E-state index in [0.29, 0.717) is 0 Å². The molecule has 0 saturated heterocycles.